The van der Waals surface area contributed by atoms with E-state index < -0.39 is 35.6 Å². The highest BCUT2D eigenvalue weighted by molar-refractivity contribution is 6.38. The molecule has 0 bridgehead atoms. The van der Waals surface area contributed by atoms with E-state index in [2.05, 4.69) is 21.3 Å². The van der Waals surface area contributed by atoms with E-state index in [-0.39, 0.29) is 42.0 Å². The number of hydrogen-bond acceptors (Lipinski definition) is 6. The molecule has 1 aliphatic heterocycles. The van der Waals surface area contributed by atoms with Gasteiger partial charge in [-0.25, -0.2) is 0 Å². The lowest BCUT2D eigenvalue weighted by molar-refractivity contribution is -0.141. The van der Waals surface area contributed by atoms with Crippen molar-refractivity contribution in [2.45, 2.75) is 96.7 Å². The molecule has 1 aromatic rings. The zero-order valence-corrected chi connectivity index (χ0v) is 24.3. The number of nitrogens with one attached hydrogen (secondary N) is 4. The van der Waals surface area contributed by atoms with Gasteiger partial charge in [-0.3, -0.25) is 24.0 Å². The van der Waals surface area contributed by atoms with Crippen molar-refractivity contribution < 1.29 is 28.7 Å². The second-order valence-corrected chi connectivity index (χ2v) is 12.2. The van der Waals surface area contributed by atoms with Gasteiger partial charge in [0.2, 0.25) is 23.5 Å². The highest BCUT2D eigenvalue weighted by atomic mass is 16.5. The normalized spacial score (nSPS) is 19.1. The van der Waals surface area contributed by atoms with Gasteiger partial charge >= 0.3 is 0 Å². The van der Waals surface area contributed by atoms with E-state index in [4.69, 9.17) is 4.74 Å². The van der Waals surface area contributed by atoms with Crippen LogP contribution in [0.5, 0.6) is 5.75 Å². The van der Waals surface area contributed by atoms with Crippen LogP contribution >= 0.6 is 0 Å². The van der Waals surface area contributed by atoms with E-state index >= 15 is 0 Å². The molecule has 3 unspecified atom stereocenters. The van der Waals surface area contributed by atoms with Crippen molar-refractivity contribution in [1.82, 2.24) is 21.3 Å². The molecule has 0 radical (unpaired) electrons. The number of methoxy groups -OCH3 is 1. The largest absolute Gasteiger partial charge is 0.497 e. The average Bonchev–Trinajstić information content (AvgIpc) is 3.63. The topological polar surface area (TPSA) is 143 Å². The fourth-order valence-electron chi connectivity index (χ4n) is 4.97. The molecular weight excluding hydrogens is 512 g/mol. The molecular formula is C30H44N4O6. The number of ether oxygens (including phenoxy) is 1. The van der Waals surface area contributed by atoms with Gasteiger partial charge in [0.05, 0.1) is 13.2 Å². The summed E-state index contributed by atoms with van der Waals surface area (Å²) in [6.07, 6.45) is 3.42. The van der Waals surface area contributed by atoms with Crippen LogP contribution in [0.15, 0.2) is 24.3 Å². The minimum absolute atomic E-state index is 0.0206. The van der Waals surface area contributed by atoms with Crippen molar-refractivity contribution in [3.63, 3.8) is 0 Å². The number of carbonyl (C=O) groups is 5. The molecule has 1 saturated heterocycles. The molecule has 2 aliphatic rings. The first-order chi connectivity index (χ1) is 18.9. The van der Waals surface area contributed by atoms with Crippen LogP contribution < -0.4 is 26.0 Å². The lowest BCUT2D eigenvalue weighted by Gasteiger charge is -2.29. The number of amides is 4. The SMILES string of the molecule is CCC(CC(=O)N[C@@H](CC(C)(C)C)C(=O)NC(CC1CCNC1=O)C(=O)C(=O)NC1CC1)c1ccc(OC)cc1. The highest BCUT2D eigenvalue weighted by Gasteiger charge is 2.37. The standard InChI is InChI=1S/C30H44N4O6/c1-6-18(19-7-11-22(40-5)12-8-19)16-25(35)33-24(17-30(2,3)4)28(38)34-23(15-20-13-14-31-27(20)37)26(36)29(39)32-21-9-10-21/h7-8,11-12,18,20-21,23-24H,6,9-10,13-17H2,1-5H3,(H,31,37)(H,32,39)(H,33,35)(H,34,38)/t18?,20?,23?,24-/m0/s1. The third-order valence-corrected chi connectivity index (χ3v) is 7.43. The van der Waals surface area contributed by atoms with E-state index in [1.165, 1.54) is 0 Å². The number of Topliss-reactive ketones (excluding diaryl/α,β-unsaturated/α-hetero) is 1. The lowest BCUT2D eigenvalue weighted by atomic mass is 9.87. The summed E-state index contributed by atoms with van der Waals surface area (Å²) in [6.45, 7) is 8.37. The van der Waals surface area contributed by atoms with Gasteiger partial charge in [0.1, 0.15) is 11.8 Å². The summed E-state index contributed by atoms with van der Waals surface area (Å²) in [7, 11) is 1.60. The molecule has 4 amide bonds. The van der Waals surface area contributed by atoms with Crippen LogP contribution in [0.2, 0.25) is 0 Å². The van der Waals surface area contributed by atoms with Crippen LogP contribution in [0.4, 0.5) is 0 Å². The van der Waals surface area contributed by atoms with E-state index in [9.17, 15) is 24.0 Å². The maximum Gasteiger partial charge on any atom is 0.289 e. The van der Waals surface area contributed by atoms with Gasteiger partial charge < -0.3 is 26.0 Å². The van der Waals surface area contributed by atoms with Crippen LogP contribution in [0.25, 0.3) is 0 Å². The molecule has 40 heavy (non-hydrogen) atoms. The van der Waals surface area contributed by atoms with Gasteiger partial charge in [-0.2, -0.15) is 0 Å². The Hall–Kier alpha value is -3.43. The summed E-state index contributed by atoms with van der Waals surface area (Å²) in [5, 5.41) is 11.0. The Labute approximate surface area is 236 Å². The maximum atomic E-state index is 13.6. The summed E-state index contributed by atoms with van der Waals surface area (Å²) < 4.78 is 5.23. The molecule has 1 heterocycles. The van der Waals surface area contributed by atoms with Gasteiger partial charge in [0, 0.05) is 24.9 Å². The van der Waals surface area contributed by atoms with Gasteiger partial charge in [0.25, 0.3) is 5.91 Å². The summed E-state index contributed by atoms with van der Waals surface area (Å²) >= 11 is 0. The fourth-order valence-corrected chi connectivity index (χ4v) is 4.97. The second-order valence-electron chi connectivity index (χ2n) is 12.2. The summed E-state index contributed by atoms with van der Waals surface area (Å²) in [5.41, 5.74) is 0.682. The van der Waals surface area contributed by atoms with Crippen LogP contribution in [-0.4, -0.2) is 61.2 Å². The molecule has 4 atom stereocenters. The molecule has 1 saturated carbocycles. The third-order valence-electron chi connectivity index (χ3n) is 7.43. The van der Waals surface area contributed by atoms with Crippen LogP contribution in [0, 0.1) is 11.3 Å². The third kappa shape index (κ3) is 9.34. The number of ketones is 1. The summed E-state index contributed by atoms with van der Waals surface area (Å²) in [4.78, 5) is 64.7. The Kier molecular flexibility index (Phi) is 10.7. The first kappa shape index (κ1) is 31.1. The van der Waals surface area contributed by atoms with E-state index in [1.54, 1.807) is 7.11 Å². The first-order valence-corrected chi connectivity index (χ1v) is 14.3. The molecule has 4 N–H and O–H groups in total. The molecule has 0 aromatic heterocycles. The van der Waals surface area contributed by atoms with Gasteiger partial charge in [0.15, 0.2) is 0 Å². The van der Waals surface area contributed by atoms with Gasteiger partial charge in [-0.05, 0) is 67.6 Å². The molecule has 10 nitrogen and oxygen atoms in total. The number of rotatable bonds is 14. The molecule has 1 aromatic carbocycles. The summed E-state index contributed by atoms with van der Waals surface area (Å²) in [6, 6.07) is 5.47. The minimum Gasteiger partial charge on any atom is -0.497 e. The average molecular weight is 557 g/mol. The van der Waals surface area contributed by atoms with Crippen molar-refractivity contribution in [2.24, 2.45) is 11.3 Å². The molecule has 1 aliphatic carbocycles. The van der Waals surface area contributed by atoms with Crippen LogP contribution in [0.3, 0.4) is 0 Å². The predicted molar refractivity (Wildman–Crippen MR) is 150 cm³/mol. The number of hydrogen-bond donors (Lipinski definition) is 4. The van der Waals surface area contributed by atoms with Crippen molar-refractivity contribution in [1.29, 1.82) is 0 Å². The van der Waals surface area contributed by atoms with Crippen molar-refractivity contribution in [3.8, 4) is 5.75 Å². The Bertz CT molecular complexity index is 1080. The summed E-state index contributed by atoms with van der Waals surface area (Å²) in [5.74, 6) is -2.35. The van der Waals surface area contributed by atoms with Crippen LogP contribution in [-0.2, 0) is 24.0 Å². The Morgan fingerprint density at radius 3 is 2.23 bits per heavy atom. The maximum absolute atomic E-state index is 13.6. The van der Waals surface area contributed by atoms with Crippen molar-refractivity contribution in [3.05, 3.63) is 29.8 Å². The van der Waals surface area contributed by atoms with Crippen molar-refractivity contribution in [2.75, 3.05) is 13.7 Å². The number of carbonyl (C=O) groups excluding carboxylic acids is 5. The van der Waals surface area contributed by atoms with E-state index in [0.29, 0.717) is 19.4 Å². The quantitative estimate of drug-likeness (QED) is 0.259. The smallest absolute Gasteiger partial charge is 0.289 e. The van der Waals surface area contributed by atoms with E-state index in [0.717, 1.165) is 30.6 Å². The van der Waals surface area contributed by atoms with Crippen molar-refractivity contribution >= 4 is 29.4 Å². The fraction of sp³-hybridized carbons (Fsp3) is 0.633. The van der Waals surface area contributed by atoms with Gasteiger partial charge in [-0.1, -0.05) is 39.8 Å². The monoisotopic (exact) mass is 556 g/mol. The minimum atomic E-state index is -1.16. The molecule has 2 fully saturated rings. The second kappa shape index (κ2) is 13.8. The molecule has 0 spiro atoms. The zero-order chi connectivity index (χ0) is 29.4. The first-order valence-electron chi connectivity index (χ1n) is 14.3. The molecule has 220 valence electrons. The number of benzene rings is 1. The van der Waals surface area contributed by atoms with Gasteiger partial charge in [-0.15, -0.1) is 0 Å². The van der Waals surface area contributed by atoms with Crippen LogP contribution in [0.1, 0.15) is 84.1 Å². The van der Waals surface area contributed by atoms with E-state index in [1.807, 2.05) is 52.0 Å². The Morgan fingerprint density at radius 1 is 1.02 bits per heavy atom. The predicted octanol–water partition coefficient (Wildman–Crippen LogP) is 2.36. The Balaban J connectivity index is 1.72. The lowest BCUT2D eigenvalue weighted by Crippen LogP contribution is -2.55. The molecule has 3 rings (SSSR count). The molecule has 10 heteroatoms. The highest BCUT2D eigenvalue weighted by Crippen LogP contribution is 2.27. The Morgan fingerprint density at radius 2 is 1.70 bits per heavy atom. The zero-order valence-electron chi connectivity index (χ0n) is 24.3.